The highest BCUT2D eigenvalue weighted by Gasteiger charge is 2.37. The van der Waals surface area contributed by atoms with Crippen LogP contribution in [0.4, 0.5) is 0 Å². The monoisotopic (exact) mass is 443 g/mol. The van der Waals surface area contributed by atoms with Crippen LogP contribution in [-0.2, 0) is 16.6 Å². The lowest BCUT2D eigenvalue weighted by Crippen LogP contribution is -2.41. The summed E-state index contributed by atoms with van der Waals surface area (Å²) in [6.07, 6.45) is 5.34. The third-order valence-corrected chi connectivity index (χ3v) is 7.52. The standard InChI is InChI=1S/C22H25N3O5S/c1-14-6-3-4-8-17(14)24-31(28,29)19-12-15(9-10-18(19)30-2)13-25-21(26)16-7-5-11-23-20(16)22(25)27/h5,7,9-12,14,17,24H,3-4,6,8,13H2,1-2H3. The number of hydrogen-bond donors (Lipinski definition) is 1. The molecule has 2 atom stereocenters. The lowest BCUT2D eigenvalue weighted by Gasteiger charge is -2.29. The molecule has 1 N–H and O–H groups in total. The second kappa shape index (κ2) is 8.39. The second-order valence-corrected chi connectivity index (χ2v) is 9.75. The van der Waals surface area contributed by atoms with Crippen LogP contribution in [0.2, 0.25) is 0 Å². The number of benzene rings is 1. The molecule has 0 radical (unpaired) electrons. The first-order chi connectivity index (χ1) is 14.8. The molecule has 1 fully saturated rings. The number of imide groups is 1. The van der Waals surface area contributed by atoms with Crippen molar-refractivity contribution in [1.82, 2.24) is 14.6 Å². The van der Waals surface area contributed by atoms with Crippen LogP contribution in [0.1, 0.15) is 59.0 Å². The molecule has 4 rings (SSSR count). The highest BCUT2D eigenvalue weighted by Crippen LogP contribution is 2.30. The number of pyridine rings is 1. The molecule has 1 saturated carbocycles. The molecular formula is C22H25N3O5S. The zero-order valence-electron chi connectivity index (χ0n) is 17.5. The first-order valence-electron chi connectivity index (χ1n) is 10.3. The van der Waals surface area contributed by atoms with Crippen LogP contribution < -0.4 is 9.46 Å². The maximum atomic E-state index is 13.2. The van der Waals surface area contributed by atoms with Gasteiger partial charge in [-0.25, -0.2) is 13.1 Å². The topological polar surface area (TPSA) is 106 Å². The molecule has 2 aromatic rings. The van der Waals surface area contributed by atoms with Gasteiger partial charge in [-0.05, 0) is 48.6 Å². The number of nitrogens with one attached hydrogen (secondary N) is 1. The highest BCUT2D eigenvalue weighted by molar-refractivity contribution is 7.89. The fourth-order valence-corrected chi connectivity index (χ4v) is 5.82. The fraction of sp³-hybridized carbons (Fsp3) is 0.409. The molecule has 0 saturated heterocycles. The van der Waals surface area contributed by atoms with Crippen molar-refractivity contribution >= 4 is 21.8 Å². The number of fused-ring (bicyclic) bond motifs is 1. The molecule has 0 spiro atoms. The number of ether oxygens (including phenoxy) is 1. The van der Waals surface area contributed by atoms with Crippen LogP contribution >= 0.6 is 0 Å². The quantitative estimate of drug-likeness (QED) is 0.688. The number of sulfonamides is 1. The van der Waals surface area contributed by atoms with Gasteiger partial charge >= 0.3 is 0 Å². The summed E-state index contributed by atoms with van der Waals surface area (Å²) >= 11 is 0. The van der Waals surface area contributed by atoms with Gasteiger partial charge in [-0.3, -0.25) is 19.5 Å². The molecule has 1 aromatic heterocycles. The lowest BCUT2D eigenvalue weighted by atomic mass is 9.87. The smallest absolute Gasteiger partial charge is 0.280 e. The number of hydrogen-bond acceptors (Lipinski definition) is 6. The maximum absolute atomic E-state index is 13.2. The van der Waals surface area contributed by atoms with Gasteiger partial charge in [-0.15, -0.1) is 0 Å². The summed E-state index contributed by atoms with van der Waals surface area (Å²) in [6, 6.07) is 7.69. The molecule has 2 unspecified atom stereocenters. The van der Waals surface area contributed by atoms with Crippen molar-refractivity contribution in [2.24, 2.45) is 5.92 Å². The summed E-state index contributed by atoms with van der Waals surface area (Å²) in [7, 11) is -2.44. The zero-order chi connectivity index (χ0) is 22.2. The number of nitrogens with zero attached hydrogens (tertiary/aromatic N) is 2. The van der Waals surface area contributed by atoms with Crippen molar-refractivity contribution in [3.63, 3.8) is 0 Å². The highest BCUT2D eigenvalue weighted by atomic mass is 32.2. The molecule has 0 bridgehead atoms. The molecule has 31 heavy (non-hydrogen) atoms. The van der Waals surface area contributed by atoms with E-state index in [1.54, 1.807) is 24.3 Å². The number of rotatable bonds is 6. The number of carbonyl (C=O) groups excluding carboxylic acids is 2. The Bertz CT molecular complexity index is 1100. The Balaban J connectivity index is 1.61. The minimum atomic E-state index is -3.85. The van der Waals surface area contributed by atoms with E-state index in [0.29, 0.717) is 5.56 Å². The molecule has 2 aliphatic rings. The first kappa shape index (κ1) is 21.5. The van der Waals surface area contributed by atoms with E-state index >= 15 is 0 Å². The molecule has 1 aromatic carbocycles. The van der Waals surface area contributed by atoms with Gasteiger partial charge in [0.25, 0.3) is 11.8 Å². The van der Waals surface area contributed by atoms with Crippen molar-refractivity contribution in [3.05, 3.63) is 53.3 Å². The SMILES string of the molecule is COc1ccc(CN2C(=O)c3cccnc3C2=O)cc1S(=O)(=O)NC1CCCCC1C. The van der Waals surface area contributed by atoms with E-state index in [1.165, 1.54) is 19.4 Å². The van der Waals surface area contributed by atoms with Gasteiger partial charge in [0, 0.05) is 12.2 Å². The van der Waals surface area contributed by atoms with E-state index in [9.17, 15) is 18.0 Å². The van der Waals surface area contributed by atoms with Gasteiger partial charge in [-0.1, -0.05) is 25.8 Å². The minimum absolute atomic E-state index is 0.00000698. The average Bonchev–Trinajstić information content (AvgIpc) is 3.00. The Kier molecular flexibility index (Phi) is 5.81. The van der Waals surface area contributed by atoms with E-state index in [-0.39, 0.29) is 40.4 Å². The summed E-state index contributed by atoms with van der Waals surface area (Å²) in [5, 5.41) is 0. The van der Waals surface area contributed by atoms with Gasteiger partial charge in [0.15, 0.2) is 0 Å². The Hall–Kier alpha value is -2.78. The van der Waals surface area contributed by atoms with E-state index in [4.69, 9.17) is 4.74 Å². The van der Waals surface area contributed by atoms with Crippen molar-refractivity contribution < 1.29 is 22.7 Å². The van der Waals surface area contributed by atoms with Crippen molar-refractivity contribution in [1.29, 1.82) is 0 Å². The predicted octanol–water partition coefficient (Wildman–Crippen LogP) is 2.74. The van der Waals surface area contributed by atoms with Gasteiger partial charge < -0.3 is 4.74 Å². The number of methoxy groups -OCH3 is 1. The van der Waals surface area contributed by atoms with Crippen molar-refractivity contribution in [2.75, 3.05) is 7.11 Å². The van der Waals surface area contributed by atoms with Crippen LogP contribution in [0.5, 0.6) is 5.75 Å². The van der Waals surface area contributed by atoms with Crippen LogP contribution in [0, 0.1) is 5.92 Å². The van der Waals surface area contributed by atoms with Gasteiger partial charge in [0.05, 0.1) is 19.2 Å². The van der Waals surface area contributed by atoms with Gasteiger partial charge in [0.1, 0.15) is 16.3 Å². The minimum Gasteiger partial charge on any atom is -0.495 e. The molecule has 2 amide bonds. The van der Waals surface area contributed by atoms with E-state index in [0.717, 1.165) is 30.6 Å². The molecule has 2 heterocycles. The summed E-state index contributed by atoms with van der Waals surface area (Å²) in [6.45, 7) is 2.00. The number of amides is 2. The zero-order valence-corrected chi connectivity index (χ0v) is 18.3. The van der Waals surface area contributed by atoms with Crippen molar-refractivity contribution in [2.45, 2.75) is 50.1 Å². The van der Waals surface area contributed by atoms with Crippen LogP contribution in [-0.4, -0.2) is 43.3 Å². The van der Waals surface area contributed by atoms with Crippen LogP contribution in [0.25, 0.3) is 0 Å². The average molecular weight is 444 g/mol. The predicted molar refractivity (Wildman–Crippen MR) is 113 cm³/mol. The number of aromatic nitrogens is 1. The third kappa shape index (κ3) is 4.07. The second-order valence-electron chi connectivity index (χ2n) is 8.07. The Morgan fingerprint density at radius 3 is 2.65 bits per heavy atom. The molecule has 164 valence electrons. The van der Waals surface area contributed by atoms with Gasteiger partial charge in [0.2, 0.25) is 10.0 Å². The summed E-state index contributed by atoms with van der Waals surface area (Å²) in [5.74, 6) is -0.468. The Morgan fingerprint density at radius 2 is 1.94 bits per heavy atom. The van der Waals surface area contributed by atoms with Crippen LogP contribution in [0.3, 0.4) is 0 Å². The van der Waals surface area contributed by atoms with Crippen LogP contribution in [0.15, 0.2) is 41.4 Å². The van der Waals surface area contributed by atoms with Crippen molar-refractivity contribution in [3.8, 4) is 5.75 Å². The van der Waals surface area contributed by atoms with Gasteiger partial charge in [-0.2, -0.15) is 0 Å². The normalized spacial score (nSPS) is 21.3. The molecular weight excluding hydrogens is 418 g/mol. The maximum Gasteiger partial charge on any atom is 0.280 e. The summed E-state index contributed by atoms with van der Waals surface area (Å²) < 4.78 is 34.5. The summed E-state index contributed by atoms with van der Waals surface area (Å²) in [4.78, 5) is 30.3. The number of carbonyl (C=O) groups is 2. The molecule has 9 heteroatoms. The third-order valence-electron chi connectivity index (χ3n) is 6.01. The Morgan fingerprint density at radius 1 is 1.16 bits per heavy atom. The fourth-order valence-electron chi connectivity index (χ4n) is 4.22. The largest absolute Gasteiger partial charge is 0.495 e. The molecule has 1 aliphatic carbocycles. The summed E-state index contributed by atoms with van der Waals surface area (Å²) in [5.41, 5.74) is 0.871. The first-order valence-corrected chi connectivity index (χ1v) is 11.8. The molecule has 8 nitrogen and oxygen atoms in total. The molecule has 1 aliphatic heterocycles. The lowest BCUT2D eigenvalue weighted by molar-refractivity contribution is 0.0640. The van der Waals surface area contributed by atoms with E-state index < -0.39 is 21.8 Å². The Labute approximate surface area is 181 Å². The van der Waals surface area contributed by atoms with E-state index in [1.807, 2.05) is 0 Å². The van der Waals surface area contributed by atoms with E-state index in [2.05, 4.69) is 16.6 Å².